The second-order valence-electron chi connectivity index (χ2n) is 6.92. The molecule has 0 spiro atoms. The molecule has 0 aliphatic carbocycles. The molecule has 2 atom stereocenters. The van der Waals surface area contributed by atoms with Gasteiger partial charge in [-0.15, -0.1) is 0 Å². The van der Waals surface area contributed by atoms with Crippen LogP contribution in [0.5, 0.6) is 28.7 Å². The van der Waals surface area contributed by atoms with Gasteiger partial charge in [-0.05, 0) is 23.8 Å². The van der Waals surface area contributed by atoms with Gasteiger partial charge in [-0.1, -0.05) is 0 Å². The van der Waals surface area contributed by atoms with E-state index in [1.165, 1.54) is 52.6 Å². The molecule has 2 aromatic rings. The quantitative estimate of drug-likeness (QED) is 0.714. The molecule has 0 fully saturated rings. The van der Waals surface area contributed by atoms with E-state index in [9.17, 15) is 14.7 Å². The fraction of sp³-hybridized carbons (Fsp3) is 0.364. The zero-order valence-corrected chi connectivity index (χ0v) is 18.2. The number of nitrogens with zero attached hydrogens (tertiary/aromatic N) is 1. The zero-order valence-electron chi connectivity index (χ0n) is 18.2. The van der Waals surface area contributed by atoms with Gasteiger partial charge < -0.3 is 33.7 Å². The summed E-state index contributed by atoms with van der Waals surface area (Å²) in [4.78, 5) is 27.1. The lowest BCUT2D eigenvalue weighted by Gasteiger charge is -2.39. The van der Waals surface area contributed by atoms with Gasteiger partial charge in [-0.25, -0.2) is 0 Å². The molecule has 1 amide bonds. The van der Waals surface area contributed by atoms with Crippen molar-refractivity contribution in [3.63, 3.8) is 0 Å². The number of rotatable bonds is 7. The zero-order chi connectivity index (χ0) is 22.9. The Morgan fingerprint density at radius 3 is 1.71 bits per heavy atom. The second kappa shape index (κ2) is 8.63. The minimum absolute atomic E-state index is 0.239. The maximum atomic E-state index is 13.3. The van der Waals surface area contributed by atoms with Gasteiger partial charge >= 0.3 is 5.97 Å². The van der Waals surface area contributed by atoms with Crippen molar-refractivity contribution in [1.82, 2.24) is 4.90 Å². The third-order valence-corrected chi connectivity index (χ3v) is 5.50. The van der Waals surface area contributed by atoms with Gasteiger partial charge in [-0.2, -0.15) is 0 Å². The molecule has 1 aliphatic rings. The predicted molar refractivity (Wildman–Crippen MR) is 111 cm³/mol. The van der Waals surface area contributed by atoms with Crippen LogP contribution in [0.1, 0.15) is 33.4 Å². The summed E-state index contributed by atoms with van der Waals surface area (Å²) in [5, 5.41) is 10.2. The molecule has 1 N–H and O–H groups in total. The Morgan fingerprint density at radius 2 is 1.23 bits per heavy atom. The summed E-state index contributed by atoms with van der Waals surface area (Å²) in [6, 6.07) is 5.41. The lowest BCUT2D eigenvalue weighted by molar-refractivity contribution is -0.140. The van der Waals surface area contributed by atoms with E-state index < -0.39 is 17.9 Å². The third-order valence-electron chi connectivity index (χ3n) is 5.50. The van der Waals surface area contributed by atoms with Crippen LogP contribution in [0.2, 0.25) is 0 Å². The highest BCUT2D eigenvalue weighted by molar-refractivity contribution is 6.01. The number of hydrogen-bond acceptors (Lipinski definition) is 7. The average Bonchev–Trinajstić information content (AvgIpc) is 2.79. The summed E-state index contributed by atoms with van der Waals surface area (Å²) in [6.07, 6.45) is 0. The number of likely N-dealkylation sites (N-methyl/N-ethyl adjacent to an activating group) is 1. The fourth-order valence-electron chi connectivity index (χ4n) is 3.99. The minimum atomic E-state index is -1.10. The summed E-state index contributed by atoms with van der Waals surface area (Å²) >= 11 is 0. The molecule has 2 aromatic carbocycles. The van der Waals surface area contributed by atoms with Crippen molar-refractivity contribution < 1.29 is 38.4 Å². The summed E-state index contributed by atoms with van der Waals surface area (Å²) in [6.45, 7) is 0. The topological polar surface area (TPSA) is 104 Å². The Hall–Kier alpha value is -3.62. The van der Waals surface area contributed by atoms with Gasteiger partial charge in [0.2, 0.25) is 0 Å². The van der Waals surface area contributed by atoms with E-state index in [0.29, 0.717) is 39.9 Å². The Bertz CT molecular complexity index is 1020. The summed E-state index contributed by atoms with van der Waals surface area (Å²) in [7, 11) is 8.89. The van der Waals surface area contributed by atoms with Gasteiger partial charge in [0.15, 0.2) is 23.0 Å². The largest absolute Gasteiger partial charge is 0.496 e. The number of carbonyl (C=O) groups excluding carboxylic acids is 1. The van der Waals surface area contributed by atoms with Crippen LogP contribution < -0.4 is 23.7 Å². The van der Waals surface area contributed by atoms with Crippen molar-refractivity contribution in [2.45, 2.75) is 12.0 Å². The summed E-state index contributed by atoms with van der Waals surface area (Å²) in [5.41, 5.74) is 1.04. The van der Waals surface area contributed by atoms with E-state index in [2.05, 4.69) is 0 Å². The average molecular weight is 431 g/mol. The molecule has 0 bridgehead atoms. The Kier molecular flexibility index (Phi) is 6.14. The molecule has 0 saturated carbocycles. The van der Waals surface area contributed by atoms with E-state index in [4.69, 9.17) is 23.7 Å². The number of benzene rings is 2. The molecular weight excluding hydrogens is 406 g/mol. The van der Waals surface area contributed by atoms with Crippen LogP contribution in [-0.2, 0) is 4.79 Å². The first-order chi connectivity index (χ1) is 14.8. The molecule has 0 aromatic heterocycles. The van der Waals surface area contributed by atoms with Crippen molar-refractivity contribution in [3.05, 3.63) is 41.0 Å². The molecule has 1 aliphatic heterocycles. The SMILES string of the molecule is COc1cc(OC)c([C@H]2[C@H](C(=O)O)c3cc(OC)c(OC)cc3C(=O)N2C)cc1OC. The smallest absolute Gasteiger partial charge is 0.313 e. The number of fused-ring (bicyclic) bond motifs is 1. The predicted octanol–water partition coefficient (Wildman–Crippen LogP) is 2.72. The van der Waals surface area contributed by atoms with Crippen LogP contribution in [0.4, 0.5) is 0 Å². The summed E-state index contributed by atoms with van der Waals surface area (Å²) < 4.78 is 26.9. The lowest BCUT2D eigenvalue weighted by atomic mass is 9.79. The first kappa shape index (κ1) is 22.1. The highest BCUT2D eigenvalue weighted by atomic mass is 16.5. The van der Waals surface area contributed by atoms with E-state index in [1.54, 1.807) is 19.2 Å². The highest BCUT2D eigenvalue weighted by Crippen LogP contribution is 2.49. The fourth-order valence-corrected chi connectivity index (χ4v) is 3.99. The molecule has 9 heteroatoms. The summed E-state index contributed by atoms with van der Waals surface area (Å²) in [5.74, 6) is -0.683. The molecular formula is C22H25NO8. The molecule has 3 rings (SSSR count). The molecule has 166 valence electrons. The maximum Gasteiger partial charge on any atom is 0.313 e. The van der Waals surface area contributed by atoms with Crippen molar-refractivity contribution in [3.8, 4) is 28.7 Å². The van der Waals surface area contributed by atoms with Crippen molar-refractivity contribution in [2.75, 3.05) is 42.6 Å². The van der Waals surface area contributed by atoms with Crippen LogP contribution >= 0.6 is 0 Å². The van der Waals surface area contributed by atoms with E-state index in [0.717, 1.165) is 0 Å². The van der Waals surface area contributed by atoms with Crippen LogP contribution in [0, 0.1) is 0 Å². The molecule has 0 radical (unpaired) electrons. The van der Waals surface area contributed by atoms with Gasteiger partial charge in [0.05, 0.1) is 41.6 Å². The standard InChI is InChI=1S/C22H25NO8/c1-23-20(13-9-17(30-5)18(31-6)10-14(13)27-2)19(22(25)26)11-7-15(28-3)16(29-4)8-12(11)21(23)24/h7-10,19-20H,1-6H3,(H,25,26)/t19-,20+/m1/s1. The van der Waals surface area contributed by atoms with Crippen LogP contribution in [0.15, 0.2) is 24.3 Å². The van der Waals surface area contributed by atoms with Gasteiger partial charge in [0.1, 0.15) is 11.7 Å². The van der Waals surface area contributed by atoms with Gasteiger partial charge in [-0.3, -0.25) is 9.59 Å². The maximum absolute atomic E-state index is 13.3. The number of aliphatic carboxylic acids is 1. The lowest BCUT2D eigenvalue weighted by Crippen LogP contribution is -2.42. The molecule has 9 nitrogen and oxygen atoms in total. The third kappa shape index (κ3) is 3.56. The number of hydrogen-bond donors (Lipinski definition) is 1. The Balaban J connectivity index is 2.30. The van der Waals surface area contributed by atoms with E-state index in [-0.39, 0.29) is 11.5 Å². The van der Waals surface area contributed by atoms with Crippen LogP contribution in [-0.4, -0.2) is 64.5 Å². The number of ether oxygens (including phenoxy) is 5. The van der Waals surface area contributed by atoms with Crippen molar-refractivity contribution in [2.24, 2.45) is 0 Å². The van der Waals surface area contributed by atoms with Crippen molar-refractivity contribution >= 4 is 11.9 Å². The Morgan fingerprint density at radius 1 is 0.774 bits per heavy atom. The highest BCUT2D eigenvalue weighted by Gasteiger charge is 2.45. The molecule has 0 saturated heterocycles. The van der Waals surface area contributed by atoms with E-state index >= 15 is 0 Å². The molecule has 31 heavy (non-hydrogen) atoms. The Labute approximate surface area is 180 Å². The second-order valence-corrected chi connectivity index (χ2v) is 6.92. The van der Waals surface area contributed by atoms with E-state index in [1.807, 2.05) is 0 Å². The number of carboxylic acid groups (broad SMARTS) is 1. The monoisotopic (exact) mass is 431 g/mol. The normalized spacial score (nSPS) is 17.6. The van der Waals surface area contributed by atoms with Gasteiger partial charge in [0, 0.05) is 24.2 Å². The van der Waals surface area contributed by atoms with Gasteiger partial charge in [0.25, 0.3) is 5.91 Å². The number of carbonyl (C=O) groups is 2. The van der Waals surface area contributed by atoms with Crippen molar-refractivity contribution in [1.29, 1.82) is 0 Å². The minimum Gasteiger partial charge on any atom is -0.496 e. The molecule has 0 unspecified atom stereocenters. The van der Waals surface area contributed by atoms with Crippen LogP contribution in [0.3, 0.4) is 0 Å². The first-order valence-corrected chi connectivity index (χ1v) is 9.38. The van der Waals surface area contributed by atoms with Crippen LogP contribution in [0.25, 0.3) is 0 Å². The number of carboxylic acids is 1. The number of amides is 1. The molecule has 1 heterocycles. The first-order valence-electron chi connectivity index (χ1n) is 9.38. The number of methoxy groups -OCH3 is 5.